The van der Waals surface area contributed by atoms with Gasteiger partial charge in [0.2, 0.25) is 0 Å². The minimum Gasteiger partial charge on any atom is -0.497 e. The molecule has 2 N–H and O–H groups in total. The van der Waals surface area contributed by atoms with Gasteiger partial charge in [-0.3, -0.25) is 14.4 Å². The first-order valence-corrected chi connectivity index (χ1v) is 13.4. The van der Waals surface area contributed by atoms with E-state index in [9.17, 15) is 33.4 Å². The van der Waals surface area contributed by atoms with Gasteiger partial charge in [-0.2, -0.15) is 8.78 Å². The normalized spacial score (nSPS) is 16.9. The minimum atomic E-state index is -3.08. The topological polar surface area (TPSA) is 122 Å². The third kappa shape index (κ3) is 6.40. The van der Waals surface area contributed by atoms with Crippen LogP contribution in [0.25, 0.3) is 0 Å². The number of nitrogens with zero attached hydrogens (tertiary/aromatic N) is 3. The number of rotatable bonds is 11. The third-order valence-corrected chi connectivity index (χ3v) is 7.61. The van der Waals surface area contributed by atoms with Crippen LogP contribution in [0.15, 0.2) is 59.5 Å². The Kier molecular flexibility index (Phi) is 9.64. The number of anilines is 1. The number of alkyl halides is 2. The average Bonchev–Trinajstić information content (AvgIpc) is 3.32. The Bertz CT molecular complexity index is 1550. The predicted molar refractivity (Wildman–Crippen MR) is 150 cm³/mol. The zero-order chi connectivity index (χ0) is 32.3. The SMILES string of the molecule is COc1cc(F)c([C@@H]2CN(c3cccn(CC(C)(CO)CO)c3=O)C(=O)C2N(C)C(=O)c2ccc(OC(F)F)cc2)c(F)c1. The van der Waals surface area contributed by atoms with Gasteiger partial charge in [-0.15, -0.1) is 0 Å². The second-order valence-corrected chi connectivity index (χ2v) is 10.8. The molecular formula is C30H31F4N3O7. The highest BCUT2D eigenvalue weighted by Gasteiger charge is 2.48. The molecule has 44 heavy (non-hydrogen) atoms. The summed E-state index contributed by atoms with van der Waals surface area (Å²) >= 11 is 0. The van der Waals surface area contributed by atoms with Crippen molar-refractivity contribution in [2.24, 2.45) is 5.41 Å². The van der Waals surface area contributed by atoms with Crippen molar-refractivity contribution in [1.29, 1.82) is 0 Å². The Morgan fingerprint density at radius 2 is 1.68 bits per heavy atom. The Morgan fingerprint density at radius 1 is 1.07 bits per heavy atom. The van der Waals surface area contributed by atoms with Crippen molar-refractivity contribution >= 4 is 17.5 Å². The zero-order valence-corrected chi connectivity index (χ0v) is 24.0. The van der Waals surface area contributed by atoms with Crippen LogP contribution in [0.4, 0.5) is 23.2 Å². The van der Waals surface area contributed by atoms with Gasteiger partial charge >= 0.3 is 6.61 Å². The molecule has 1 aromatic heterocycles. The lowest BCUT2D eigenvalue weighted by atomic mass is 9.91. The van der Waals surface area contributed by atoms with Crippen LogP contribution in [0.5, 0.6) is 11.5 Å². The fourth-order valence-corrected chi connectivity index (χ4v) is 5.18. The third-order valence-electron chi connectivity index (χ3n) is 7.61. The molecule has 0 bridgehead atoms. The number of halogens is 4. The van der Waals surface area contributed by atoms with Gasteiger partial charge in [-0.1, -0.05) is 6.92 Å². The standard InChI is InChI=1S/C30H31F4N3O7/c1-30(15-38,16-39)14-36-10-4-5-23(27(36)41)37-13-20(24-21(31)11-19(43-3)12-22(24)32)25(28(37)42)35(2)26(40)17-6-8-18(9-7-17)44-29(33)34/h4-12,20,25,29,38-39H,13-16H2,1-3H3/t20-,25?/m0/s1. The van der Waals surface area contributed by atoms with Crippen LogP contribution >= 0.6 is 0 Å². The van der Waals surface area contributed by atoms with Crippen molar-refractivity contribution in [3.63, 3.8) is 0 Å². The molecule has 2 atom stereocenters. The second kappa shape index (κ2) is 13.1. The first kappa shape index (κ1) is 32.5. The summed E-state index contributed by atoms with van der Waals surface area (Å²) in [4.78, 5) is 43.0. The molecule has 0 spiro atoms. The fourth-order valence-electron chi connectivity index (χ4n) is 5.18. The van der Waals surface area contributed by atoms with Crippen molar-refractivity contribution in [2.75, 3.05) is 38.8 Å². The van der Waals surface area contributed by atoms with Gasteiger partial charge in [-0.05, 0) is 36.4 Å². The Labute approximate surface area is 249 Å². The molecule has 0 radical (unpaired) electrons. The molecule has 236 valence electrons. The van der Waals surface area contributed by atoms with Crippen molar-refractivity contribution < 1.29 is 46.8 Å². The van der Waals surface area contributed by atoms with Crippen molar-refractivity contribution in [2.45, 2.75) is 32.0 Å². The monoisotopic (exact) mass is 621 g/mol. The van der Waals surface area contributed by atoms with E-state index in [2.05, 4.69) is 4.74 Å². The van der Waals surface area contributed by atoms with Crippen molar-refractivity contribution in [3.05, 3.63) is 87.8 Å². The largest absolute Gasteiger partial charge is 0.497 e. The molecule has 2 heterocycles. The quantitative estimate of drug-likeness (QED) is 0.316. The van der Waals surface area contributed by atoms with Gasteiger partial charge in [0.15, 0.2) is 0 Å². The van der Waals surface area contributed by atoms with Crippen LogP contribution in [0, 0.1) is 17.0 Å². The first-order chi connectivity index (χ1) is 20.8. The zero-order valence-electron chi connectivity index (χ0n) is 24.0. The summed E-state index contributed by atoms with van der Waals surface area (Å²) in [6.07, 6.45) is 1.41. The molecule has 1 fully saturated rings. The van der Waals surface area contributed by atoms with Crippen LogP contribution in [0.3, 0.4) is 0 Å². The number of aromatic nitrogens is 1. The maximum Gasteiger partial charge on any atom is 0.387 e. The van der Waals surface area contributed by atoms with Gasteiger partial charge in [0.25, 0.3) is 17.4 Å². The second-order valence-electron chi connectivity index (χ2n) is 10.8. The summed E-state index contributed by atoms with van der Waals surface area (Å²) in [5.41, 5.74) is -2.42. The van der Waals surface area contributed by atoms with Gasteiger partial charge in [-0.25, -0.2) is 8.78 Å². The molecule has 4 rings (SSSR count). The summed E-state index contributed by atoms with van der Waals surface area (Å²) in [7, 11) is 2.47. The number of likely N-dealkylation sites (N-methyl/N-ethyl adjacent to an activating group) is 1. The van der Waals surface area contributed by atoms with Crippen LogP contribution in [-0.2, 0) is 11.3 Å². The Balaban J connectivity index is 1.77. The molecule has 3 aromatic rings. The van der Waals surface area contributed by atoms with E-state index in [4.69, 9.17) is 4.74 Å². The lowest BCUT2D eigenvalue weighted by Gasteiger charge is -2.28. The van der Waals surface area contributed by atoms with E-state index in [1.165, 1.54) is 49.2 Å². The summed E-state index contributed by atoms with van der Waals surface area (Å²) < 4.78 is 66.3. The molecule has 14 heteroatoms. The Morgan fingerprint density at radius 3 is 2.23 bits per heavy atom. The van der Waals surface area contributed by atoms with Gasteiger partial charge < -0.3 is 34.1 Å². The lowest BCUT2D eigenvalue weighted by molar-refractivity contribution is -0.120. The summed E-state index contributed by atoms with van der Waals surface area (Å²) in [6, 6.07) is 7.86. The number of aliphatic hydroxyl groups is 2. The van der Waals surface area contributed by atoms with E-state index < -0.39 is 71.8 Å². The number of hydrogen-bond donors (Lipinski definition) is 2. The van der Waals surface area contributed by atoms with Crippen molar-refractivity contribution in [1.82, 2.24) is 9.47 Å². The summed E-state index contributed by atoms with van der Waals surface area (Å²) in [5, 5.41) is 19.4. The number of amides is 2. The maximum atomic E-state index is 15.4. The van der Waals surface area contributed by atoms with E-state index in [0.29, 0.717) is 0 Å². The number of ether oxygens (including phenoxy) is 2. The fraction of sp³-hybridized carbons (Fsp3) is 0.367. The summed E-state index contributed by atoms with van der Waals surface area (Å²) in [6.45, 7) is -2.90. The highest BCUT2D eigenvalue weighted by molar-refractivity contribution is 6.04. The Hall–Kier alpha value is -4.43. The van der Waals surface area contributed by atoms with Crippen LogP contribution < -0.4 is 19.9 Å². The number of pyridine rings is 1. The van der Waals surface area contributed by atoms with E-state index in [1.54, 1.807) is 6.92 Å². The smallest absolute Gasteiger partial charge is 0.387 e. The molecule has 1 saturated heterocycles. The molecule has 0 saturated carbocycles. The molecule has 2 amide bonds. The number of hydrogen-bond acceptors (Lipinski definition) is 7. The van der Waals surface area contributed by atoms with Crippen molar-refractivity contribution in [3.8, 4) is 11.5 Å². The lowest BCUT2D eigenvalue weighted by Crippen LogP contribution is -2.46. The first-order valence-electron chi connectivity index (χ1n) is 13.4. The van der Waals surface area contributed by atoms with Crippen LogP contribution in [-0.4, -0.2) is 78.1 Å². The number of aliphatic hydroxyl groups excluding tert-OH is 2. The van der Waals surface area contributed by atoms with E-state index in [-0.39, 0.29) is 35.8 Å². The molecule has 10 nitrogen and oxygen atoms in total. The molecule has 1 aliphatic heterocycles. The number of carbonyl (C=O) groups excluding carboxylic acids is 2. The van der Waals surface area contributed by atoms with E-state index in [1.807, 2.05) is 0 Å². The predicted octanol–water partition coefficient (Wildman–Crippen LogP) is 3.00. The van der Waals surface area contributed by atoms with E-state index in [0.717, 1.165) is 34.1 Å². The molecule has 1 unspecified atom stereocenters. The highest BCUT2D eigenvalue weighted by Crippen LogP contribution is 2.38. The van der Waals surface area contributed by atoms with Crippen LogP contribution in [0.2, 0.25) is 0 Å². The number of benzene rings is 2. The van der Waals surface area contributed by atoms with E-state index >= 15 is 8.78 Å². The van der Waals surface area contributed by atoms with Crippen LogP contribution in [0.1, 0.15) is 28.8 Å². The highest BCUT2D eigenvalue weighted by atomic mass is 19.3. The van der Waals surface area contributed by atoms with Gasteiger partial charge in [0.1, 0.15) is 34.9 Å². The molecular weight excluding hydrogens is 590 g/mol. The molecule has 0 aliphatic carbocycles. The molecule has 2 aromatic carbocycles. The number of methoxy groups -OCH3 is 1. The minimum absolute atomic E-state index is 0.0239. The van der Waals surface area contributed by atoms with Gasteiger partial charge in [0.05, 0.1) is 20.3 Å². The van der Waals surface area contributed by atoms with Gasteiger partial charge in [0, 0.05) is 60.9 Å². The average molecular weight is 622 g/mol. The number of carbonyl (C=O) groups is 2. The maximum absolute atomic E-state index is 15.4. The molecule has 1 aliphatic rings. The summed E-state index contributed by atoms with van der Waals surface area (Å²) in [5.74, 6) is -5.25.